The summed E-state index contributed by atoms with van der Waals surface area (Å²) in [6, 6.07) is 10.1. The van der Waals surface area contributed by atoms with Crippen LogP contribution in [0.3, 0.4) is 0 Å². The van der Waals surface area contributed by atoms with Gasteiger partial charge in [-0.05, 0) is 38.7 Å². The quantitative estimate of drug-likeness (QED) is 0.566. The summed E-state index contributed by atoms with van der Waals surface area (Å²) in [4.78, 5) is 16.4. The molecule has 1 aromatic carbocycles. The first-order valence-corrected chi connectivity index (χ1v) is 8.80. The van der Waals surface area contributed by atoms with E-state index in [0.717, 1.165) is 11.5 Å². The Morgan fingerprint density at radius 3 is 2.48 bits per heavy atom. The van der Waals surface area contributed by atoms with Crippen molar-refractivity contribution < 1.29 is 9.53 Å². The molecule has 3 unspecified atom stereocenters. The number of hydrogen-bond donors (Lipinski definition) is 3. The minimum atomic E-state index is -0.529. The van der Waals surface area contributed by atoms with Crippen LogP contribution in [0.2, 0.25) is 0 Å². The normalized spacial score (nSPS) is 21.2. The van der Waals surface area contributed by atoms with Gasteiger partial charge in [0.25, 0.3) is 0 Å². The van der Waals surface area contributed by atoms with Gasteiger partial charge in [-0.1, -0.05) is 37.3 Å². The SMILES string of the molecule is CN=C(NCC(NC(=O)OC(C)(C)C)c1ccccc1)NC1CC1C. The Labute approximate surface area is 150 Å². The summed E-state index contributed by atoms with van der Waals surface area (Å²) in [5.41, 5.74) is 0.481. The zero-order chi connectivity index (χ0) is 18.4. The first-order chi connectivity index (χ1) is 11.8. The third kappa shape index (κ3) is 6.64. The van der Waals surface area contributed by atoms with Crippen LogP contribution in [0.4, 0.5) is 4.79 Å². The van der Waals surface area contributed by atoms with Gasteiger partial charge in [0, 0.05) is 19.6 Å². The van der Waals surface area contributed by atoms with Crippen LogP contribution in [0, 0.1) is 5.92 Å². The van der Waals surface area contributed by atoms with Crippen LogP contribution in [0.5, 0.6) is 0 Å². The molecule has 1 aliphatic rings. The highest BCUT2D eigenvalue weighted by molar-refractivity contribution is 5.80. The predicted octanol–water partition coefficient (Wildman–Crippen LogP) is 2.83. The minimum Gasteiger partial charge on any atom is -0.444 e. The Kier molecular flexibility index (Phi) is 6.28. The highest BCUT2D eigenvalue weighted by Crippen LogP contribution is 2.28. The summed E-state index contributed by atoms with van der Waals surface area (Å²) in [6.07, 6.45) is 0.737. The number of alkyl carbamates (subject to hydrolysis) is 1. The Morgan fingerprint density at radius 2 is 1.96 bits per heavy atom. The van der Waals surface area contributed by atoms with Gasteiger partial charge in [0.15, 0.2) is 5.96 Å². The van der Waals surface area contributed by atoms with Crippen molar-refractivity contribution in [1.82, 2.24) is 16.0 Å². The van der Waals surface area contributed by atoms with Gasteiger partial charge in [0.05, 0.1) is 6.04 Å². The molecule has 138 valence electrons. The lowest BCUT2D eigenvalue weighted by molar-refractivity contribution is 0.0504. The van der Waals surface area contributed by atoms with Crippen LogP contribution in [0.15, 0.2) is 35.3 Å². The Balaban J connectivity index is 1.98. The molecule has 0 saturated heterocycles. The summed E-state index contributed by atoms with van der Waals surface area (Å²) >= 11 is 0. The van der Waals surface area contributed by atoms with Gasteiger partial charge >= 0.3 is 6.09 Å². The monoisotopic (exact) mass is 346 g/mol. The van der Waals surface area contributed by atoms with E-state index in [0.29, 0.717) is 18.5 Å². The number of ether oxygens (including phenoxy) is 1. The number of guanidine groups is 1. The van der Waals surface area contributed by atoms with E-state index in [4.69, 9.17) is 4.74 Å². The van der Waals surface area contributed by atoms with E-state index in [1.165, 1.54) is 6.42 Å². The van der Waals surface area contributed by atoms with E-state index < -0.39 is 11.7 Å². The molecule has 1 aromatic rings. The van der Waals surface area contributed by atoms with Crippen LogP contribution in [-0.4, -0.2) is 37.3 Å². The lowest BCUT2D eigenvalue weighted by atomic mass is 10.1. The molecular formula is C19H30N4O2. The van der Waals surface area contributed by atoms with Gasteiger partial charge < -0.3 is 20.7 Å². The second-order valence-electron chi connectivity index (χ2n) is 7.53. The molecule has 3 atom stereocenters. The molecule has 6 heteroatoms. The van der Waals surface area contributed by atoms with Crippen molar-refractivity contribution in [3.63, 3.8) is 0 Å². The predicted molar refractivity (Wildman–Crippen MR) is 101 cm³/mol. The third-order valence-electron chi connectivity index (χ3n) is 4.02. The first kappa shape index (κ1) is 19.1. The molecule has 0 bridgehead atoms. The summed E-state index contributed by atoms with van der Waals surface area (Å²) in [7, 11) is 1.75. The lowest BCUT2D eigenvalue weighted by Gasteiger charge is -2.25. The van der Waals surface area contributed by atoms with Gasteiger partial charge in [-0.15, -0.1) is 0 Å². The molecule has 0 spiro atoms. The molecule has 1 saturated carbocycles. The minimum absolute atomic E-state index is 0.216. The van der Waals surface area contributed by atoms with Crippen molar-refractivity contribution in [2.45, 2.75) is 51.8 Å². The highest BCUT2D eigenvalue weighted by Gasteiger charge is 2.33. The smallest absolute Gasteiger partial charge is 0.408 e. The van der Waals surface area contributed by atoms with E-state index in [9.17, 15) is 4.79 Å². The highest BCUT2D eigenvalue weighted by atomic mass is 16.6. The molecule has 0 radical (unpaired) electrons. The van der Waals surface area contributed by atoms with Crippen LogP contribution in [-0.2, 0) is 4.74 Å². The van der Waals surface area contributed by atoms with Gasteiger partial charge in [-0.25, -0.2) is 4.79 Å². The Bertz CT molecular complexity index is 595. The van der Waals surface area contributed by atoms with Gasteiger partial charge in [0.1, 0.15) is 5.60 Å². The average Bonchev–Trinajstić information content (AvgIpc) is 3.24. The number of benzene rings is 1. The lowest BCUT2D eigenvalue weighted by Crippen LogP contribution is -2.44. The molecular weight excluding hydrogens is 316 g/mol. The Morgan fingerprint density at radius 1 is 1.32 bits per heavy atom. The molecule has 0 heterocycles. The maximum absolute atomic E-state index is 12.2. The molecule has 1 amide bonds. The van der Waals surface area contributed by atoms with E-state index in [-0.39, 0.29) is 6.04 Å². The Hall–Kier alpha value is -2.24. The number of carbonyl (C=O) groups excluding carboxylic acids is 1. The van der Waals surface area contributed by atoms with Gasteiger partial charge in [-0.2, -0.15) is 0 Å². The fourth-order valence-corrected chi connectivity index (χ4v) is 2.48. The van der Waals surface area contributed by atoms with Crippen LogP contribution in [0.1, 0.15) is 45.7 Å². The summed E-state index contributed by atoms with van der Waals surface area (Å²) in [5, 5.41) is 9.62. The third-order valence-corrected chi connectivity index (χ3v) is 4.02. The van der Waals surface area contributed by atoms with E-state index >= 15 is 0 Å². The van der Waals surface area contributed by atoms with Crippen molar-refractivity contribution in [2.75, 3.05) is 13.6 Å². The maximum Gasteiger partial charge on any atom is 0.408 e. The van der Waals surface area contributed by atoms with E-state index in [2.05, 4.69) is 27.9 Å². The number of rotatable bonds is 5. The van der Waals surface area contributed by atoms with Crippen molar-refractivity contribution in [3.8, 4) is 0 Å². The van der Waals surface area contributed by atoms with Crippen molar-refractivity contribution in [1.29, 1.82) is 0 Å². The van der Waals surface area contributed by atoms with Crippen molar-refractivity contribution in [3.05, 3.63) is 35.9 Å². The van der Waals surface area contributed by atoms with Crippen LogP contribution < -0.4 is 16.0 Å². The molecule has 2 rings (SSSR count). The van der Waals surface area contributed by atoms with Crippen LogP contribution in [0.25, 0.3) is 0 Å². The number of aliphatic imine (C=N–C) groups is 1. The van der Waals surface area contributed by atoms with Gasteiger partial charge in [0.2, 0.25) is 0 Å². The summed E-state index contributed by atoms with van der Waals surface area (Å²) in [6.45, 7) is 8.28. The fraction of sp³-hybridized carbons (Fsp3) is 0.579. The topological polar surface area (TPSA) is 74.8 Å². The molecule has 1 aliphatic carbocycles. The summed E-state index contributed by atoms with van der Waals surface area (Å²) < 4.78 is 5.39. The van der Waals surface area contributed by atoms with Crippen molar-refractivity contribution in [2.24, 2.45) is 10.9 Å². The fourth-order valence-electron chi connectivity index (χ4n) is 2.48. The number of nitrogens with one attached hydrogen (secondary N) is 3. The standard InChI is InChI=1S/C19H30N4O2/c1-13-11-15(13)22-17(20-5)21-12-16(14-9-7-6-8-10-14)23-18(24)25-19(2,3)4/h6-10,13,15-16H,11-12H2,1-5H3,(H,23,24)(H2,20,21,22). The zero-order valence-corrected chi connectivity index (χ0v) is 15.8. The molecule has 3 N–H and O–H groups in total. The zero-order valence-electron chi connectivity index (χ0n) is 15.8. The molecule has 6 nitrogen and oxygen atoms in total. The second-order valence-corrected chi connectivity index (χ2v) is 7.53. The largest absolute Gasteiger partial charge is 0.444 e. The number of amides is 1. The molecule has 1 fully saturated rings. The van der Waals surface area contributed by atoms with Gasteiger partial charge in [-0.3, -0.25) is 4.99 Å². The van der Waals surface area contributed by atoms with E-state index in [1.54, 1.807) is 7.05 Å². The number of hydrogen-bond acceptors (Lipinski definition) is 3. The second kappa shape index (κ2) is 8.23. The van der Waals surface area contributed by atoms with E-state index in [1.807, 2.05) is 51.1 Å². The molecule has 0 aliphatic heterocycles. The van der Waals surface area contributed by atoms with Crippen LogP contribution >= 0.6 is 0 Å². The molecule has 25 heavy (non-hydrogen) atoms. The molecule has 0 aromatic heterocycles. The maximum atomic E-state index is 12.2. The number of carbonyl (C=O) groups is 1. The average molecular weight is 346 g/mol. The van der Waals surface area contributed by atoms with Crippen molar-refractivity contribution >= 4 is 12.1 Å². The number of nitrogens with zero attached hydrogens (tertiary/aromatic N) is 1. The summed E-state index contributed by atoms with van der Waals surface area (Å²) in [5.74, 6) is 1.43. The first-order valence-electron chi connectivity index (χ1n) is 8.80.